The van der Waals surface area contributed by atoms with Gasteiger partial charge >= 0.3 is 12.3 Å². The number of amides is 2. The van der Waals surface area contributed by atoms with Crippen LogP contribution in [0, 0.1) is 11.6 Å². The number of alkyl halides is 3. The van der Waals surface area contributed by atoms with Gasteiger partial charge in [0, 0.05) is 23.6 Å². The van der Waals surface area contributed by atoms with Crippen LogP contribution in [-0.2, 0) is 18.0 Å². The molecule has 0 spiro atoms. The molecular weight excluding hydrogens is 667 g/mol. The number of aromatic nitrogens is 2. The summed E-state index contributed by atoms with van der Waals surface area (Å²) < 4.78 is 74.6. The first kappa shape index (κ1) is 31.9. The van der Waals surface area contributed by atoms with E-state index in [2.05, 4.69) is 31.7 Å². The number of hydrogen-bond donors (Lipinski definition) is 2. The molecule has 4 rings (SSSR count). The smallest absolute Gasteiger partial charge is 0.416 e. The molecule has 0 saturated carbocycles. The van der Waals surface area contributed by atoms with Gasteiger partial charge in [0.05, 0.1) is 26.3 Å². The number of anilines is 2. The minimum atomic E-state index is -4.95. The highest BCUT2D eigenvalue weighted by atomic mass is 79.9. The Kier molecular flexibility index (Phi) is 8.58. The fourth-order valence-electron chi connectivity index (χ4n) is 4.05. The molecule has 4 aromatic rings. The number of hydrogen-bond acceptors (Lipinski definition) is 5. The highest BCUT2D eigenvalue weighted by Crippen LogP contribution is 2.39. The topological polar surface area (TPSA) is 102 Å². The number of rotatable bonds is 5. The van der Waals surface area contributed by atoms with E-state index in [4.69, 9.17) is 16.3 Å². The lowest BCUT2D eigenvalue weighted by atomic mass is 9.99. The molecule has 0 radical (unpaired) electrons. The molecule has 0 fully saturated rings. The third-order valence-corrected chi connectivity index (χ3v) is 6.93. The second-order valence-electron chi connectivity index (χ2n) is 10.2. The Morgan fingerprint density at radius 3 is 2.28 bits per heavy atom. The Morgan fingerprint density at radius 2 is 1.65 bits per heavy atom. The summed E-state index contributed by atoms with van der Waals surface area (Å²) in [7, 11) is 1.47. The number of aryl methyl sites for hydroxylation is 1. The van der Waals surface area contributed by atoms with E-state index in [9.17, 15) is 36.3 Å². The molecule has 15 heteroatoms. The normalized spacial score (nSPS) is 11.9. The zero-order valence-corrected chi connectivity index (χ0v) is 25.1. The molecule has 43 heavy (non-hydrogen) atoms. The van der Waals surface area contributed by atoms with Crippen LogP contribution < -0.4 is 10.6 Å². The molecule has 1 aromatic heterocycles. The second-order valence-corrected chi connectivity index (χ2v) is 11.4. The summed E-state index contributed by atoms with van der Waals surface area (Å²) in [6.07, 6.45) is -5.81. The van der Waals surface area contributed by atoms with Gasteiger partial charge in [-0.15, -0.1) is 0 Å². The second kappa shape index (κ2) is 11.6. The van der Waals surface area contributed by atoms with E-state index in [0.717, 1.165) is 18.2 Å². The van der Waals surface area contributed by atoms with Gasteiger partial charge in [0.25, 0.3) is 5.91 Å². The van der Waals surface area contributed by atoms with Crippen LogP contribution in [0.15, 0.2) is 46.9 Å². The Labute approximate surface area is 254 Å². The number of fused-ring (bicyclic) bond motifs is 1. The minimum Gasteiger partial charge on any atom is -0.444 e. The predicted octanol–water partition coefficient (Wildman–Crippen LogP) is 8.12. The highest BCUT2D eigenvalue weighted by Gasteiger charge is 2.33. The van der Waals surface area contributed by atoms with Crippen LogP contribution in [0.2, 0.25) is 5.02 Å². The molecule has 0 unspecified atom stereocenters. The number of ether oxygens (including phenoxy) is 1. The maximum absolute atomic E-state index is 14.1. The molecule has 0 aliphatic rings. The number of halogens is 7. The summed E-state index contributed by atoms with van der Waals surface area (Å²) in [5.74, 6) is -4.15. The molecule has 3 aromatic carbocycles. The van der Waals surface area contributed by atoms with Crippen LogP contribution in [0.3, 0.4) is 0 Å². The zero-order chi connectivity index (χ0) is 32.0. The first-order chi connectivity index (χ1) is 19.9. The largest absolute Gasteiger partial charge is 0.444 e. The van der Waals surface area contributed by atoms with Crippen LogP contribution in [0.5, 0.6) is 0 Å². The van der Waals surface area contributed by atoms with Crippen LogP contribution in [0.4, 0.5) is 38.3 Å². The first-order valence-electron chi connectivity index (χ1n) is 12.2. The number of nitrogens with zero attached hydrogens (tertiary/aromatic N) is 2. The van der Waals surface area contributed by atoms with Gasteiger partial charge in [0.2, 0.25) is 0 Å². The lowest BCUT2D eigenvalue weighted by molar-refractivity contribution is -0.137. The van der Waals surface area contributed by atoms with E-state index in [1.54, 1.807) is 20.8 Å². The van der Waals surface area contributed by atoms with Gasteiger partial charge in [-0.25, -0.2) is 13.6 Å². The number of benzene rings is 3. The Bertz CT molecular complexity index is 1800. The van der Waals surface area contributed by atoms with Gasteiger partial charge in [-0.2, -0.15) is 18.3 Å². The molecule has 226 valence electrons. The van der Waals surface area contributed by atoms with E-state index in [-0.39, 0.29) is 49.1 Å². The van der Waals surface area contributed by atoms with Crippen molar-refractivity contribution in [1.82, 2.24) is 9.78 Å². The third kappa shape index (κ3) is 6.96. The van der Waals surface area contributed by atoms with Crippen LogP contribution in [0.25, 0.3) is 10.9 Å². The van der Waals surface area contributed by atoms with Gasteiger partial charge < -0.3 is 10.1 Å². The minimum absolute atomic E-state index is 0.0336. The Morgan fingerprint density at radius 1 is 0.977 bits per heavy atom. The number of carbonyl (C=O) groups excluding carboxylic acids is 3. The summed E-state index contributed by atoms with van der Waals surface area (Å²) in [6.45, 7) is 4.93. The van der Waals surface area contributed by atoms with Crippen LogP contribution >= 0.6 is 27.5 Å². The standard InChI is InChI=1S/C28H21BrClF5N4O4/c1-27(2,3)43-26(42)37-24-17-11-19(36-25(41)12-7-13(28(33,34)35)9-15(32)8-12)20(21(29)22(17)38-39(24)4)23(40)16-10-14(31)5-6-18(16)30/h5-11H,1-4H3,(H,36,41)(H,37,42). The summed E-state index contributed by atoms with van der Waals surface area (Å²) in [6, 6.07) is 5.51. The molecule has 2 amide bonds. The summed E-state index contributed by atoms with van der Waals surface area (Å²) in [4.78, 5) is 39.4. The number of carbonyl (C=O) groups is 3. The average Bonchev–Trinajstić information content (AvgIpc) is 3.18. The van der Waals surface area contributed by atoms with E-state index in [1.165, 1.54) is 17.8 Å². The lowest BCUT2D eigenvalue weighted by Gasteiger charge is -2.20. The van der Waals surface area contributed by atoms with E-state index in [1.807, 2.05) is 0 Å². The third-order valence-electron chi connectivity index (χ3n) is 5.82. The maximum Gasteiger partial charge on any atom is 0.416 e. The van der Waals surface area contributed by atoms with Crippen molar-refractivity contribution in [3.8, 4) is 0 Å². The first-order valence-corrected chi connectivity index (χ1v) is 13.4. The molecular formula is C28H21BrClF5N4O4. The van der Waals surface area contributed by atoms with Crippen LogP contribution in [0.1, 0.15) is 52.6 Å². The lowest BCUT2D eigenvalue weighted by Crippen LogP contribution is -2.27. The van der Waals surface area contributed by atoms with Crippen molar-refractivity contribution in [2.45, 2.75) is 32.5 Å². The Hall–Kier alpha value is -4.04. The summed E-state index contributed by atoms with van der Waals surface area (Å²) in [5.41, 5.74) is -3.77. The van der Waals surface area contributed by atoms with Gasteiger partial charge in [0.1, 0.15) is 28.6 Å². The molecule has 8 nitrogen and oxygen atoms in total. The van der Waals surface area contributed by atoms with Crippen LogP contribution in [-0.4, -0.2) is 33.2 Å². The highest BCUT2D eigenvalue weighted by molar-refractivity contribution is 9.10. The summed E-state index contributed by atoms with van der Waals surface area (Å²) in [5, 5.41) is 9.22. The van der Waals surface area contributed by atoms with Crippen molar-refractivity contribution < 1.29 is 41.1 Å². The molecule has 0 bridgehead atoms. The van der Waals surface area contributed by atoms with Crippen molar-refractivity contribution in [2.75, 3.05) is 10.6 Å². The van der Waals surface area contributed by atoms with Crippen molar-refractivity contribution in [3.63, 3.8) is 0 Å². The Balaban J connectivity index is 1.91. The SMILES string of the molecule is Cn1nc2c(Br)c(C(=O)c3cc(F)ccc3Cl)c(NC(=O)c3cc(F)cc(C(F)(F)F)c3)cc2c1NC(=O)OC(C)(C)C. The molecule has 0 atom stereocenters. The van der Waals surface area contributed by atoms with Crippen molar-refractivity contribution in [1.29, 1.82) is 0 Å². The predicted molar refractivity (Wildman–Crippen MR) is 152 cm³/mol. The van der Waals surface area contributed by atoms with Gasteiger partial charge in [0.15, 0.2) is 5.78 Å². The van der Waals surface area contributed by atoms with E-state index in [0.29, 0.717) is 12.1 Å². The van der Waals surface area contributed by atoms with Gasteiger partial charge in [-0.05, 0) is 79.2 Å². The fraction of sp³-hybridized carbons (Fsp3) is 0.214. The molecule has 0 aliphatic heterocycles. The molecule has 1 heterocycles. The fourth-order valence-corrected chi connectivity index (χ4v) is 4.94. The molecule has 0 aliphatic carbocycles. The number of nitrogens with one attached hydrogen (secondary N) is 2. The molecule has 0 saturated heterocycles. The average molecular weight is 688 g/mol. The van der Waals surface area contributed by atoms with Crippen molar-refractivity contribution in [3.05, 3.63) is 85.8 Å². The number of ketones is 1. The maximum atomic E-state index is 14.1. The zero-order valence-electron chi connectivity index (χ0n) is 22.7. The van der Waals surface area contributed by atoms with Gasteiger partial charge in [-0.3, -0.25) is 19.6 Å². The summed E-state index contributed by atoms with van der Waals surface area (Å²) >= 11 is 9.46. The quantitative estimate of drug-likeness (QED) is 0.163. The van der Waals surface area contributed by atoms with Gasteiger partial charge in [-0.1, -0.05) is 11.6 Å². The molecule has 2 N–H and O–H groups in total. The van der Waals surface area contributed by atoms with E-state index >= 15 is 0 Å². The van der Waals surface area contributed by atoms with E-state index < -0.39 is 52.3 Å². The monoisotopic (exact) mass is 686 g/mol. The van der Waals surface area contributed by atoms with Crippen molar-refractivity contribution in [2.24, 2.45) is 7.05 Å². The van der Waals surface area contributed by atoms with Crippen molar-refractivity contribution >= 4 is 67.7 Å².